The van der Waals surface area contributed by atoms with Gasteiger partial charge < -0.3 is 19.9 Å². The van der Waals surface area contributed by atoms with E-state index in [0.29, 0.717) is 16.6 Å². The van der Waals surface area contributed by atoms with Gasteiger partial charge in [0.15, 0.2) is 0 Å². The van der Waals surface area contributed by atoms with E-state index in [1.54, 1.807) is 0 Å². The Kier molecular flexibility index (Phi) is 9.38. The molecule has 6 nitrogen and oxygen atoms in total. The fourth-order valence-corrected chi connectivity index (χ4v) is 5.76. The number of nitrogens with zero attached hydrogens (tertiary/aromatic N) is 4. The summed E-state index contributed by atoms with van der Waals surface area (Å²) in [6, 6.07) is 19.6. The largest absolute Gasteiger partial charge is 0.392 e. The molecular weight excluding hydrogens is 553 g/mol. The molecule has 5 aromatic rings. The molecule has 3 aromatic carbocycles. The monoisotopic (exact) mass is 587 g/mol. The van der Waals surface area contributed by atoms with Crippen LogP contribution in [0.2, 0.25) is 10.0 Å². The average Bonchev–Trinajstić information content (AvgIpc) is 3.41. The van der Waals surface area contributed by atoms with Gasteiger partial charge in [-0.05, 0) is 65.7 Å². The molecule has 0 amide bonds. The van der Waals surface area contributed by atoms with E-state index < -0.39 is 0 Å². The van der Waals surface area contributed by atoms with Gasteiger partial charge in [0.25, 0.3) is 0 Å². The number of halogens is 2. The minimum atomic E-state index is -0.113. The van der Waals surface area contributed by atoms with Crippen molar-refractivity contribution in [1.82, 2.24) is 24.8 Å². The van der Waals surface area contributed by atoms with Crippen LogP contribution in [0.4, 0.5) is 0 Å². The third-order valence-electron chi connectivity index (χ3n) is 7.59. The van der Waals surface area contributed by atoms with Gasteiger partial charge >= 0.3 is 0 Å². The van der Waals surface area contributed by atoms with Gasteiger partial charge in [0, 0.05) is 53.2 Å². The Morgan fingerprint density at radius 3 is 2.34 bits per heavy atom. The van der Waals surface area contributed by atoms with Gasteiger partial charge in [0.2, 0.25) is 0 Å². The summed E-state index contributed by atoms with van der Waals surface area (Å²) in [4.78, 5) is 12.1. The lowest BCUT2D eigenvalue weighted by Crippen LogP contribution is -2.31. The van der Waals surface area contributed by atoms with Gasteiger partial charge in [0.1, 0.15) is 0 Å². The second-order valence-corrected chi connectivity index (χ2v) is 10.9. The van der Waals surface area contributed by atoms with Crippen molar-refractivity contribution in [3.05, 3.63) is 94.5 Å². The summed E-state index contributed by atoms with van der Waals surface area (Å²) >= 11 is 12.9. The van der Waals surface area contributed by atoms with Gasteiger partial charge in [-0.2, -0.15) is 0 Å². The molecule has 41 heavy (non-hydrogen) atoms. The summed E-state index contributed by atoms with van der Waals surface area (Å²) in [6.45, 7) is 8.69. The van der Waals surface area contributed by atoms with E-state index >= 15 is 0 Å². The van der Waals surface area contributed by atoms with Crippen LogP contribution in [0.15, 0.2) is 73.2 Å². The summed E-state index contributed by atoms with van der Waals surface area (Å²) < 4.78 is 2.02. The van der Waals surface area contributed by atoms with Gasteiger partial charge in [-0.25, -0.2) is 4.98 Å². The van der Waals surface area contributed by atoms with Crippen LogP contribution in [0, 0.1) is 0 Å². The van der Waals surface area contributed by atoms with Crippen LogP contribution in [0.5, 0.6) is 0 Å². The molecule has 0 aliphatic heterocycles. The lowest BCUT2D eigenvalue weighted by Gasteiger charge is -2.22. The smallest absolute Gasteiger partial charge is 0.0948 e. The molecule has 0 saturated carbocycles. The van der Waals surface area contributed by atoms with Crippen molar-refractivity contribution in [2.24, 2.45) is 7.05 Å². The topological polar surface area (TPSA) is 66.2 Å². The number of imidazole rings is 1. The molecule has 2 aromatic heterocycles. The van der Waals surface area contributed by atoms with E-state index in [2.05, 4.69) is 35.1 Å². The Balaban J connectivity index is 1.82. The number of hydrogen-bond acceptors (Lipinski definition) is 5. The number of likely N-dealkylation sites (N-methyl/N-ethyl adjacent to an activating group) is 1. The minimum absolute atomic E-state index is 0.113. The molecule has 0 spiro atoms. The first-order valence-corrected chi connectivity index (χ1v) is 14.7. The number of nitrogens with one attached hydrogen (secondary N) is 1. The molecule has 0 aliphatic carbocycles. The summed E-state index contributed by atoms with van der Waals surface area (Å²) in [5.74, 6) is 0. The van der Waals surface area contributed by atoms with Gasteiger partial charge in [-0.3, -0.25) is 4.98 Å². The predicted molar refractivity (Wildman–Crippen MR) is 170 cm³/mol. The molecule has 0 radical (unpaired) electrons. The van der Waals surface area contributed by atoms with E-state index in [1.807, 2.05) is 78.7 Å². The molecule has 2 heterocycles. The average molecular weight is 589 g/mol. The van der Waals surface area contributed by atoms with Crippen molar-refractivity contribution in [3.63, 3.8) is 0 Å². The predicted octanol–water partition coefficient (Wildman–Crippen LogP) is 7.20. The standard InChI is InChI=1S/C33H35Cl2N5O/c1-4-40(5-2)16-15-36-18-28-32(29-19-37-21-39(29)3)31(23-7-6-8-26(35)17-23)33-27(38-28)14-11-24(20-41)30(33)22-9-12-25(34)13-10-22/h6-14,17,19,21,36,41H,4-5,15-16,18,20H2,1-3H3. The quantitative estimate of drug-likeness (QED) is 0.160. The Bertz CT molecular complexity index is 1640. The lowest BCUT2D eigenvalue weighted by molar-refractivity contribution is 0.282. The molecule has 0 bridgehead atoms. The summed E-state index contributed by atoms with van der Waals surface area (Å²) in [5, 5.41) is 16.4. The highest BCUT2D eigenvalue weighted by atomic mass is 35.5. The number of rotatable bonds is 11. The maximum atomic E-state index is 10.5. The Hall–Kier alpha value is -3.26. The van der Waals surface area contributed by atoms with Gasteiger partial charge in [0.05, 0.1) is 36.0 Å². The maximum Gasteiger partial charge on any atom is 0.0948 e. The third kappa shape index (κ3) is 6.17. The highest BCUT2D eigenvalue weighted by molar-refractivity contribution is 6.31. The molecule has 2 N–H and O–H groups in total. The van der Waals surface area contributed by atoms with Crippen LogP contribution >= 0.6 is 23.2 Å². The number of aliphatic hydroxyl groups excluding tert-OH is 1. The fraction of sp³-hybridized carbons (Fsp3) is 0.273. The number of pyridine rings is 1. The van der Waals surface area contributed by atoms with Crippen molar-refractivity contribution in [2.45, 2.75) is 27.0 Å². The van der Waals surface area contributed by atoms with E-state index in [1.165, 1.54) is 0 Å². The third-order valence-corrected chi connectivity index (χ3v) is 8.08. The van der Waals surface area contributed by atoms with Crippen LogP contribution in [0.1, 0.15) is 25.1 Å². The molecule has 8 heteroatoms. The van der Waals surface area contributed by atoms with Crippen molar-refractivity contribution >= 4 is 34.1 Å². The van der Waals surface area contributed by atoms with Crippen LogP contribution in [0.25, 0.3) is 44.4 Å². The Morgan fingerprint density at radius 2 is 1.68 bits per heavy atom. The van der Waals surface area contributed by atoms with E-state index in [0.717, 1.165) is 81.9 Å². The number of aromatic nitrogens is 3. The number of aliphatic hydroxyl groups is 1. The number of fused-ring (bicyclic) bond motifs is 1. The SMILES string of the molecule is CCN(CC)CCNCc1nc2ccc(CO)c(-c3ccc(Cl)cc3)c2c(-c2cccc(Cl)c2)c1-c1cncn1C. The molecule has 212 valence electrons. The molecule has 0 unspecified atom stereocenters. The second-order valence-electron chi connectivity index (χ2n) is 10.1. The zero-order valence-electron chi connectivity index (χ0n) is 23.7. The lowest BCUT2D eigenvalue weighted by atomic mass is 9.86. The molecule has 0 atom stereocenters. The zero-order valence-corrected chi connectivity index (χ0v) is 25.2. The first-order chi connectivity index (χ1) is 19.9. The molecule has 0 fully saturated rings. The molecule has 0 aliphatic rings. The Morgan fingerprint density at radius 1 is 0.902 bits per heavy atom. The van der Waals surface area contributed by atoms with E-state index in [4.69, 9.17) is 28.2 Å². The van der Waals surface area contributed by atoms with Crippen LogP contribution in [0.3, 0.4) is 0 Å². The van der Waals surface area contributed by atoms with E-state index in [9.17, 15) is 5.11 Å². The first kappa shape index (κ1) is 29.2. The van der Waals surface area contributed by atoms with Crippen molar-refractivity contribution in [1.29, 1.82) is 0 Å². The second kappa shape index (κ2) is 13.1. The summed E-state index contributed by atoms with van der Waals surface area (Å²) in [5.41, 5.74) is 8.36. The Labute approximate surface area is 251 Å². The van der Waals surface area contributed by atoms with Gasteiger partial charge in [-0.1, -0.05) is 67.4 Å². The van der Waals surface area contributed by atoms with Crippen molar-refractivity contribution in [3.8, 4) is 33.5 Å². The molecular formula is C33H35Cl2N5O. The van der Waals surface area contributed by atoms with Crippen LogP contribution in [-0.4, -0.2) is 50.7 Å². The number of benzene rings is 3. The van der Waals surface area contributed by atoms with E-state index in [-0.39, 0.29) is 6.61 Å². The maximum absolute atomic E-state index is 10.5. The minimum Gasteiger partial charge on any atom is -0.392 e. The summed E-state index contributed by atoms with van der Waals surface area (Å²) in [6.07, 6.45) is 3.69. The van der Waals surface area contributed by atoms with Crippen LogP contribution < -0.4 is 5.32 Å². The highest BCUT2D eigenvalue weighted by Crippen LogP contribution is 2.45. The highest BCUT2D eigenvalue weighted by Gasteiger charge is 2.24. The van der Waals surface area contributed by atoms with Gasteiger partial charge in [-0.15, -0.1) is 0 Å². The fourth-order valence-electron chi connectivity index (χ4n) is 5.45. The zero-order chi connectivity index (χ0) is 28.9. The van der Waals surface area contributed by atoms with Crippen LogP contribution in [-0.2, 0) is 20.2 Å². The first-order valence-electron chi connectivity index (χ1n) is 14.0. The molecule has 0 saturated heterocycles. The normalized spacial score (nSPS) is 11.6. The summed E-state index contributed by atoms with van der Waals surface area (Å²) in [7, 11) is 2.00. The number of hydrogen-bond donors (Lipinski definition) is 2. The van der Waals surface area contributed by atoms with Crippen molar-refractivity contribution in [2.75, 3.05) is 26.2 Å². The molecule has 5 rings (SSSR count). The number of aryl methyl sites for hydroxylation is 1. The van der Waals surface area contributed by atoms with Crippen molar-refractivity contribution < 1.29 is 5.11 Å².